The molecule has 0 spiro atoms. The van der Waals surface area contributed by atoms with E-state index in [9.17, 15) is 9.18 Å². The van der Waals surface area contributed by atoms with Crippen LogP contribution in [0.25, 0.3) is 11.3 Å². The van der Waals surface area contributed by atoms with E-state index in [4.69, 9.17) is 0 Å². The highest BCUT2D eigenvalue weighted by molar-refractivity contribution is 5.63. The summed E-state index contributed by atoms with van der Waals surface area (Å²) in [6, 6.07) is 16.6. The van der Waals surface area contributed by atoms with Crippen molar-refractivity contribution in [3.8, 4) is 11.3 Å². The van der Waals surface area contributed by atoms with Gasteiger partial charge in [0.15, 0.2) is 0 Å². The summed E-state index contributed by atoms with van der Waals surface area (Å²) < 4.78 is 13.3. The molecular formula is C22H23FN4O. The lowest BCUT2D eigenvalue weighted by Gasteiger charge is -2.35. The van der Waals surface area contributed by atoms with Crippen LogP contribution in [0.2, 0.25) is 0 Å². The second-order valence-electron chi connectivity index (χ2n) is 7.17. The fourth-order valence-electron chi connectivity index (χ4n) is 3.61. The fourth-order valence-corrected chi connectivity index (χ4v) is 3.61. The third-order valence-corrected chi connectivity index (χ3v) is 5.27. The summed E-state index contributed by atoms with van der Waals surface area (Å²) >= 11 is 0. The molecule has 4 rings (SSSR count). The maximum Gasteiger partial charge on any atom is 0.287 e. The SMILES string of the molecule is Cc1cc(F)ccc1CN1CCN(c2cc(-c3ccccc3)n[nH]c2=O)CC1. The predicted molar refractivity (Wildman–Crippen MR) is 109 cm³/mol. The minimum atomic E-state index is -0.197. The minimum Gasteiger partial charge on any atom is -0.364 e. The average molecular weight is 378 g/mol. The van der Waals surface area contributed by atoms with Crippen LogP contribution in [0.5, 0.6) is 0 Å². The van der Waals surface area contributed by atoms with Crippen LogP contribution in [0.4, 0.5) is 10.1 Å². The van der Waals surface area contributed by atoms with Crippen molar-refractivity contribution < 1.29 is 4.39 Å². The van der Waals surface area contributed by atoms with Crippen molar-refractivity contribution in [2.45, 2.75) is 13.5 Å². The van der Waals surface area contributed by atoms with Crippen molar-refractivity contribution in [1.82, 2.24) is 15.1 Å². The van der Waals surface area contributed by atoms with Gasteiger partial charge in [0, 0.05) is 38.3 Å². The van der Waals surface area contributed by atoms with Gasteiger partial charge in [0.25, 0.3) is 5.56 Å². The first kappa shape index (κ1) is 18.4. The second kappa shape index (κ2) is 7.94. The van der Waals surface area contributed by atoms with Crippen molar-refractivity contribution in [2.24, 2.45) is 0 Å². The molecule has 1 fully saturated rings. The molecule has 1 aliphatic rings. The van der Waals surface area contributed by atoms with Gasteiger partial charge in [0.2, 0.25) is 0 Å². The zero-order valence-electron chi connectivity index (χ0n) is 15.9. The molecule has 1 N–H and O–H groups in total. The Morgan fingerprint density at radius 2 is 1.79 bits per heavy atom. The van der Waals surface area contributed by atoms with Crippen molar-refractivity contribution in [1.29, 1.82) is 0 Å². The summed E-state index contributed by atoms with van der Waals surface area (Å²) in [5, 5.41) is 6.82. The topological polar surface area (TPSA) is 52.2 Å². The van der Waals surface area contributed by atoms with Crippen molar-refractivity contribution >= 4 is 5.69 Å². The average Bonchev–Trinajstić information content (AvgIpc) is 2.72. The van der Waals surface area contributed by atoms with E-state index in [1.807, 2.05) is 49.4 Å². The van der Waals surface area contributed by atoms with Crippen LogP contribution >= 0.6 is 0 Å². The maximum absolute atomic E-state index is 13.3. The van der Waals surface area contributed by atoms with Gasteiger partial charge < -0.3 is 4.90 Å². The molecule has 0 unspecified atom stereocenters. The van der Waals surface area contributed by atoms with Crippen LogP contribution in [-0.4, -0.2) is 41.3 Å². The Hall–Kier alpha value is -2.99. The van der Waals surface area contributed by atoms with E-state index in [1.54, 1.807) is 6.07 Å². The minimum absolute atomic E-state index is 0.164. The van der Waals surface area contributed by atoms with Crippen LogP contribution in [0.3, 0.4) is 0 Å². The molecule has 6 heteroatoms. The number of aromatic amines is 1. The van der Waals surface area contributed by atoms with E-state index in [0.717, 1.165) is 55.1 Å². The van der Waals surface area contributed by atoms with Gasteiger partial charge in [-0.2, -0.15) is 5.10 Å². The number of H-pyrrole nitrogens is 1. The molecule has 1 saturated heterocycles. The summed E-state index contributed by atoms with van der Waals surface area (Å²) in [6.07, 6.45) is 0. The number of benzene rings is 2. The molecule has 28 heavy (non-hydrogen) atoms. The molecule has 0 saturated carbocycles. The molecule has 5 nitrogen and oxygen atoms in total. The monoisotopic (exact) mass is 378 g/mol. The van der Waals surface area contributed by atoms with Crippen LogP contribution in [-0.2, 0) is 6.54 Å². The van der Waals surface area contributed by atoms with Gasteiger partial charge in [-0.05, 0) is 36.2 Å². The standard InChI is InChI=1S/C22H23FN4O/c1-16-13-19(23)8-7-18(16)15-26-9-11-27(12-10-26)21-14-20(24-25-22(21)28)17-5-3-2-4-6-17/h2-8,13-14H,9-12,15H2,1H3,(H,25,28). The van der Waals surface area contributed by atoms with Gasteiger partial charge in [-0.3, -0.25) is 9.69 Å². The van der Waals surface area contributed by atoms with E-state index in [0.29, 0.717) is 5.69 Å². The predicted octanol–water partition coefficient (Wildman–Crippen LogP) is 3.21. The van der Waals surface area contributed by atoms with E-state index in [-0.39, 0.29) is 11.4 Å². The van der Waals surface area contributed by atoms with Gasteiger partial charge in [0.05, 0.1) is 5.69 Å². The van der Waals surface area contributed by atoms with Gasteiger partial charge in [-0.1, -0.05) is 36.4 Å². The molecule has 1 aromatic heterocycles. The molecule has 1 aliphatic heterocycles. The van der Waals surface area contributed by atoms with Crippen LogP contribution in [0.15, 0.2) is 59.4 Å². The first-order valence-electron chi connectivity index (χ1n) is 9.47. The maximum atomic E-state index is 13.3. The Morgan fingerprint density at radius 3 is 2.50 bits per heavy atom. The molecule has 144 valence electrons. The van der Waals surface area contributed by atoms with Gasteiger partial charge in [-0.25, -0.2) is 9.49 Å². The zero-order chi connectivity index (χ0) is 19.5. The van der Waals surface area contributed by atoms with Gasteiger partial charge in [0.1, 0.15) is 11.5 Å². The Bertz CT molecular complexity index is 1010. The Labute approximate surface area is 163 Å². The largest absolute Gasteiger partial charge is 0.364 e. The normalized spacial score (nSPS) is 15.0. The Kier molecular flexibility index (Phi) is 5.21. The summed E-state index contributed by atoms with van der Waals surface area (Å²) in [7, 11) is 0. The second-order valence-corrected chi connectivity index (χ2v) is 7.17. The third kappa shape index (κ3) is 3.97. The molecule has 0 bridgehead atoms. The van der Waals surface area contributed by atoms with Crippen molar-refractivity contribution in [2.75, 3.05) is 31.1 Å². The summed E-state index contributed by atoms with van der Waals surface area (Å²) in [6.45, 7) is 5.96. The number of aryl methyl sites for hydroxylation is 1. The van der Waals surface area contributed by atoms with Gasteiger partial charge in [-0.15, -0.1) is 0 Å². The van der Waals surface area contributed by atoms with Crippen LogP contribution in [0.1, 0.15) is 11.1 Å². The highest BCUT2D eigenvalue weighted by Crippen LogP contribution is 2.21. The lowest BCUT2D eigenvalue weighted by molar-refractivity contribution is 0.249. The highest BCUT2D eigenvalue weighted by Gasteiger charge is 2.20. The molecule has 0 amide bonds. The smallest absolute Gasteiger partial charge is 0.287 e. The number of halogens is 1. The van der Waals surface area contributed by atoms with Crippen LogP contribution in [0, 0.1) is 12.7 Å². The van der Waals surface area contributed by atoms with Crippen molar-refractivity contribution in [3.05, 3.63) is 81.9 Å². The Morgan fingerprint density at radius 1 is 1.04 bits per heavy atom. The first-order valence-corrected chi connectivity index (χ1v) is 9.47. The number of rotatable bonds is 4. The number of hydrogen-bond donors (Lipinski definition) is 1. The van der Waals surface area contributed by atoms with Gasteiger partial charge >= 0.3 is 0 Å². The van der Waals surface area contributed by atoms with E-state index in [2.05, 4.69) is 20.0 Å². The van der Waals surface area contributed by atoms with Crippen LogP contribution < -0.4 is 10.5 Å². The fraction of sp³-hybridized carbons (Fsp3) is 0.273. The number of aromatic nitrogens is 2. The van der Waals surface area contributed by atoms with E-state index >= 15 is 0 Å². The molecule has 2 aromatic carbocycles. The number of nitrogens with zero attached hydrogens (tertiary/aromatic N) is 3. The Balaban J connectivity index is 1.46. The molecule has 2 heterocycles. The molecule has 3 aromatic rings. The molecule has 0 radical (unpaired) electrons. The summed E-state index contributed by atoms with van der Waals surface area (Å²) in [5.74, 6) is -0.197. The lowest BCUT2D eigenvalue weighted by atomic mass is 10.1. The molecule has 0 atom stereocenters. The summed E-state index contributed by atoms with van der Waals surface area (Å²) in [5.41, 5.74) is 4.35. The zero-order valence-corrected chi connectivity index (χ0v) is 15.9. The van der Waals surface area contributed by atoms with E-state index < -0.39 is 0 Å². The quantitative estimate of drug-likeness (QED) is 0.758. The molecular weight excluding hydrogens is 355 g/mol. The molecule has 0 aliphatic carbocycles. The number of nitrogens with one attached hydrogen (secondary N) is 1. The lowest BCUT2D eigenvalue weighted by Crippen LogP contribution is -2.47. The highest BCUT2D eigenvalue weighted by atomic mass is 19.1. The number of hydrogen-bond acceptors (Lipinski definition) is 4. The number of anilines is 1. The number of piperazine rings is 1. The van der Waals surface area contributed by atoms with E-state index in [1.165, 1.54) is 6.07 Å². The third-order valence-electron chi connectivity index (χ3n) is 5.27. The first-order chi connectivity index (χ1) is 13.6. The summed E-state index contributed by atoms with van der Waals surface area (Å²) in [4.78, 5) is 16.8. The van der Waals surface area contributed by atoms with Crippen molar-refractivity contribution in [3.63, 3.8) is 0 Å².